The van der Waals surface area contributed by atoms with E-state index >= 15 is 0 Å². The molecule has 1 N–H and O–H groups in total. The number of aryl methyl sites for hydroxylation is 1. The van der Waals surface area contributed by atoms with E-state index in [1.165, 1.54) is 35.6 Å². The van der Waals surface area contributed by atoms with Crippen molar-refractivity contribution in [2.45, 2.75) is 31.8 Å². The molecule has 1 aliphatic carbocycles. The Morgan fingerprint density at radius 1 is 1.59 bits per heavy atom. The van der Waals surface area contributed by atoms with Crippen LogP contribution in [0.3, 0.4) is 0 Å². The van der Waals surface area contributed by atoms with E-state index in [0.29, 0.717) is 6.04 Å². The quantitative estimate of drug-likeness (QED) is 0.894. The fourth-order valence-corrected chi connectivity index (χ4v) is 2.86. The molecule has 2 aromatic rings. The monoisotopic (exact) mass is 249 g/mol. The maximum atomic E-state index is 4.34. The second-order valence-electron chi connectivity index (χ2n) is 4.39. The van der Waals surface area contributed by atoms with Crippen LogP contribution >= 0.6 is 11.5 Å². The molecule has 0 radical (unpaired) electrons. The van der Waals surface area contributed by atoms with Crippen molar-refractivity contribution in [1.29, 1.82) is 0 Å². The summed E-state index contributed by atoms with van der Waals surface area (Å²) in [5.74, 6) is 0. The zero-order valence-corrected chi connectivity index (χ0v) is 10.6. The summed E-state index contributed by atoms with van der Waals surface area (Å²) < 4.78 is 5.86. The van der Waals surface area contributed by atoms with Gasteiger partial charge >= 0.3 is 0 Å². The van der Waals surface area contributed by atoms with E-state index in [1.54, 1.807) is 0 Å². The Hall–Kier alpha value is -1.27. The SMILES string of the molecule is Cn1ncc2c1CCCC2NCc1csnn1. The number of hydrogen-bond acceptors (Lipinski definition) is 5. The first-order chi connectivity index (χ1) is 8.34. The highest BCUT2D eigenvalue weighted by Crippen LogP contribution is 2.29. The van der Waals surface area contributed by atoms with Crippen LogP contribution in [0, 0.1) is 0 Å². The van der Waals surface area contributed by atoms with Crippen molar-refractivity contribution >= 4 is 11.5 Å². The largest absolute Gasteiger partial charge is 0.304 e. The van der Waals surface area contributed by atoms with Gasteiger partial charge in [0.15, 0.2) is 0 Å². The van der Waals surface area contributed by atoms with Crippen LogP contribution in [0.1, 0.15) is 35.8 Å². The van der Waals surface area contributed by atoms with Crippen molar-refractivity contribution < 1.29 is 0 Å². The molecule has 0 saturated carbocycles. The van der Waals surface area contributed by atoms with Crippen LogP contribution in [0.15, 0.2) is 11.6 Å². The molecule has 0 saturated heterocycles. The molecule has 0 aromatic carbocycles. The summed E-state index contributed by atoms with van der Waals surface area (Å²) in [5, 5.41) is 13.9. The van der Waals surface area contributed by atoms with Gasteiger partial charge in [-0.1, -0.05) is 4.49 Å². The zero-order valence-electron chi connectivity index (χ0n) is 9.76. The van der Waals surface area contributed by atoms with Crippen LogP contribution < -0.4 is 5.32 Å². The van der Waals surface area contributed by atoms with E-state index in [1.807, 2.05) is 23.3 Å². The highest BCUT2D eigenvalue weighted by Gasteiger charge is 2.22. The summed E-state index contributed by atoms with van der Waals surface area (Å²) in [6.07, 6.45) is 5.53. The van der Waals surface area contributed by atoms with Crippen molar-refractivity contribution in [3.05, 3.63) is 28.5 Å². The maximum absolute atomic E-state index is 4.34. The van der Waals surface area contributed by atoms with Gasteiger partial charge in [-0.05, 0) is 30.8 Å². The fraction of sp³-hybridized carbons (Fsp3) is 0.545. The molecule has 0 bridgehead atoms. The lowest BCUT2D eigenvalue weighted by Gasteiger charge is -2.23. The predicted molar refractivity (Wildman–Crippen MR) is 65.6 cm³/mol. The minimum atomic E-state index is 0.411. The normalized spacial score (nSPS) is 19.2. The average Bonchev–Trinajstić information content (AvgIpc) is 2.97. The Labute approximate surface area is 104 Å². The fourth-order valence-electron chi connectivity index (χ4n) is 2.41. The molecule has 0 spiro atoms. The molecule has 3 rings (SSSR count). The van der Waals surface area contributed by atoms with Crippen LogP contribution in [0.5, 0.6) is 0 Å². The topological polar surface area (TPSA) is 55.6 Å². The molecule has 0 aliphatic heterocycles. The summed E-state index contributed by atoms with van der Waals surface area (Å²) in [4.78, 5) is 0. The third-order valence-electron chi connectivity index (χ3n) is 3.31. The van der Waals surface area contributed by atoms with E-state index < -0.39 is 0 Å². The molecule has 5 nitrogen and oxygen atoms in total. The molecular formula is C11H15N5S. The van der Waals surface area contributed by atoms with Gasteiger partial charge in [0.25, 0.3) is 0 Å². The third kappa shape index (κ3) is 2.10. The van der Waals surface area contributed by atoms with Crippen molar-refractivity contribution in [1.82, 2.24) is 24.7 Å². The van der Waals surface area contributed by atoms with Crippen LogP contribution in [-0.4, -0.2) is 19.4 Å². The first-order valence-electron chi connectivity index (χ1n) is 5.84. The molecule has 0 amide bonds. The molecule has 2 aromatic heterocycles. The molecule has 1 aliphatic rings. The standard InChI is InChI=1S/C11H15N5S/c1-16-11-4-2-3-10(9(11)6-13-16)12-5-8-7-17-15-14-8/h6-7,10,12H,2-5H2,1H3. The highest BCUT2D eigenvalue weighted by atomic mass is 32.1. The Bertz CT molecular complexity index is 490. The van der Waals surface area contributed by atoms with Gasteiger partial charge in [-0.3, -0.25) is 4.68 Å². The van der Waals surface area contributed by atoms with Crippen LogP contribution in [0.25, 0.3) is 0 Å². The van der Waals surface area contributed by atoms with Gasteiger partial charge in [-0.2, -0.15) is 5.10 Å². The van der Waals surface area contributed by atoms with E-state index in [-0.39, 0.29) is 0 Å². The lowest BCUT2D eigenvalue weighted by atomic mass is 9.93. The van der Waals surface area contributed by atoms with Crippen molar-refractivity contribution in [3.63, 3.8) is 0 Å². The lowest BCUT2D eigenvalue weighted by molar-refractivity contribution is 0.449. The van der Waals surface area contributed by atoms with Crippen LogP contribution in [0.4, 0.5) is 0 Å². The number of nitrogens with one attached hydrogen (secondary N) is 1. The molecule has 90 valence electrons. The molecule has 1 atom stereocenters. The van der Waals surface area contributed by atoms with Gasteiger partial charge < -0.3 is 5.32 Å². The highest BCUT2D eigenvalue weighted by molar-refractivity contribution is 7.03. The molecule has 0 fully saturated rings. The Morgan fingerprint density at radius 3 is 3.35 bits per heavy atom. The second-order valence-corrected chi connectivity index (χ2v) is 5.00. The minimum absolute atomic E-state index is 0.411. The first kappa shape index (κ1) is 10.9. The summed E-state index contributed by atoms with van der Waals surface area (Å²) in [5.41, 5.74) is 3.73. The molecule has 2 heterocycles. The number of nitrogens with zero attached hydrogens (tertiary/aromatic N) is 4. The second kappa shape index (κ2) is 4.54. The number of hydrogen-bond donors (Lipinski definition) is 1. The van der Waals surface area contributed by atoms with Gasteiger partial charge in [0, 0.05) is 36.3 Å². The van der Waals surface area contributed by atoms with E-state index in [2.05, 4.69) is 20.0 Å². The Balaban J connectivity index is 1.72. The van der Waals surface area contributed by atoms with Crippen molar-refractivity contribution in [3.8, 4) is 0 Å². The smallest absolute Gasteiger partial charge is 0.0893 e. The van der Waals surface area contributed by atoms with Gasteiger partial charge in [0.2, 0.25) is 0 Å². The van der Waals surface area contributed by atoms with Gasteiger partial charge in [0.05, 0.1) is 11.9 Å². The van der Waals surface area contributed by atoms with Gasteiger partial charge in [0.1, 0.15) is 0 Å². The minimum Gasteiger partial charge on any atom is -0.304 e. The van der Waals surface area contributed by atoms with E-state index in [0.717, 1.165) is 18.7 Å². The molecule has 1 unspecified atom stereocenters. The van der Waals surface area contributed by atoms with Crippen LogP contribution in [-0.2, 0) is 20.0 Å². The average molecular weight is 249 g/mol. The third-order valence-corrected chi connectivity index (χ3v) is 3.86. The summed E-state index contributed by atoms with van der Waals surface area (Å²) >= 11 is 1.40. The van der Waals surface area contributed by atoms with Crippen molar-refractivity contribution in [2.24, 2.45) is 7.05 Å². The number of fused-ring (bicyclic) bond motifs is 1. The van der Waals surface area contributed by atoms with Crippen LogP contribution in [0.2, 0.25) is 0 Å². The first-order valence-corrected chi connectivity index (χ1v) is 6.68. The zero-order chi connectivity index (χ0) is 11.7. The van der Waals surface area contributed by atoms with E-state index in [9.17, 15) is 0 Å². The van der Waals surface area contributed by atoms with Gasteiger partial charge in [-0.15, -0.1) is 5.10 Å². The van der Waals surface area contributed by atoms with Crippen molar-refractivity contribution in [2.75, 3.05) is 0 Å². The predicted octanol–water partition coefficient (Wildman–Crippen LogP) is 1.44. The lowest BCUT2D eigenvalue weighted by Crippen LogP contribution is -2.25. The molecular weight excluding hydrogens is 234 g/mol. The molecule has 6 heteroatoms. The Morgan fingerprint density at radius 2 is 2.53 bits per heavy atom. The van der Waals surface area contributed by atoms with E-state index in [4.69, 9.17) is 0 Å². The number of aromatic nitrogens is 4. The van der Waals surface area contributed by atoms with Gasteiger partial charge in [-0.25, -0.2) is 0 Å². The molecule has 17 heavy (non-hydrogen) atoms. The summed E-state index contributed by atoms with van der Waals surface area (Å²) in [6, 6.07) is 0.411. The summed E-state index contributed by atoms with van der Waals surface area (Å²) in [6.45, 7) is 0.787. The summed E-state index contributed by atoms with van der Waals surface area (Å²) in [7, 11) is 2.02. The Kier molecular flexibility index (Phi) is 2.90. The number of rotatable bonds is 3. The maximum Gasteiger partial charge on any atom is 0.0893 e.